The molecule has 20 heavy (non-hydrogen) atoms. The SMILES string of the molecule is CCNc1nc2cc3c(cc2s1)CCCN3C(=O)CC. The highest BCUT2D eigenvalue weighted by molar-refractivity contribution is 7.22. The summed E-state index contributed by atoms with van der Waals surface area (Å²) in [6, 6.07) is 4.28. The standard InChI is InChI=1S/C15H19N3OS/c1-3-14(19)18-7-5-6-10-8-13-11(9-12(10)18)17-15(20-13)16-4-2/h8-9H,3-7H2,1-2H3,(H,16,17). The van der Waals surface area contributed by atoms with Crippen LogP contribution in [0.2, 0.25) is 0 Å². The van der Waals surface area contributed by atoms with Gasteiger partial charge >= 0.3 is 0 Å². The summed E-state index contributed by atoms with van der Waals surface area (Å²) in [5, 5.41) is 4.22. The molecule has 2 aromatic rings. The number of carbonyl (C=O) groups excluding carboxylic acids is 1. The van der Waals surface area contributed by atoms with E-state index in [0.29, 0.717) is 6.42 Å². The summed E-state index contributed by atoms with van der Waals surface area (Å²) < 4.78 is 1.20. The molecule has 1 aliphatic rings. The van der Waals surface area contributed by atoms with E-state index in [9.17, 15) is 4.79 Å². The number of anilines is 2. The molecule has 0 saturated heterocycles. The molecule has 0 spiro atoms. The van der Waals surface area contributed by atoms with Crippen molar-refractivity contribution >= 4 is 38.3 Å². The number of nitrogens with zero attached hydrogens (tertiary/aromatic N) is 2. The van der Waals surface area contributed by atoms with Gasteiger partial charge in [-0.3, -0.25) is 4.79 Å². The summed E-state index contributed by atoms with van der Waals surface area (Å²) >= 11 is 1.68. The molecule has 3 rings (SSSR count). The maximum atomic E-state index is 12.1. The van der Waals surface area contributed by atoms with Crippen molar-refractivity contribution in [1.82, 2.24) is 4.98 Å². The van der Waals surface area contributed by atoms with Crippen LogP contribution in [-0.4, -0.2) is 24.0 Å². The van der Waals surface area contributed by atoms with Gasteiger partial charge in [-0.25, -0.2) is 4.98 Å². The maximum absolute atomic E-state index is 12.1. The Labute approximate surface area is 122 Å². The van der Waals surface area contributed by atoms with Gasteiger partial charge in [-0.05, 0) is 37.5 Å². The molecule has 1 N–H and O–H groups in total. The number of carbonyl (C=O) groups is 1. The predicted octanol–water partition coefficient (Wildman–Crippen LogP) is 3.42. The second-order valence-corrected chi connectivity index (χ2v) is 6.03. The van der Waals surface area contributed by atoms with Gasteiger partial charge in [-0.1, -0.05) is 18.3 Å². The maximum Gasteiger partial charge on any atom is 0.226 e. The highest BCUT2D eigenvalue weighted by Crippen LogP contribution is 2.35. The molecule has 1 aromatic heterocycles. The molecule has 2 heterocycles. The third-order valence-electron chi connectivity index (χ3n) is 3.64. The van der Waals surface area contributed by atoms with Gasteiger partial charge in [0.05, 0.1) is 10.2 Å². The summed E-state index contributed by atoms with van der Waals surface area (Å²) in [6.45, 7) is 5.69. The van der Waals surface area contributed by atoms with Crippen molar-refractivity contribution in [1.29, 1.82) is 0 Å². The van der Waals surface area contributed by atoms with Crippen LogP contribution >= 0.6 is 11.3 Å². The fourth-order valence-electron chi connectivity index (χ4n) is 2.68. The number of thiazole rings is 1. The van der Waals surface area contributed by atoms with E-state index in [4.69, 9.17) is 0 Å². The molecule has 4 nitrogen and oxygen atoms in total. The fourth-order valence-corrected chi connectivity index (χ4v) is 3.66. The van der Waals surface area contributed by atoms with Crippen LogP contribution in [0, 0.1) is 0 Å². The Morgan fingerprint density at radius 1 is 1.45 bits per heavy atom. The second kappa shape index (κ2) is 5.40. The van der Waals surface area contributed by atoms with E-state index in [-0.39, 0.29) is 5.91 Å². The minimum atomic E-state index is 0.201. The van der Waals surface area contributed by atoms with E-state index >= 15 is 0 Å². The monoisotopic (exact) mass is 289 g/mol. The number of rotatable bonds is 3. The number of aromatic nitrogens is 1. The van der Waals surface area contributed by atoms with Crippen LogP contribution in [0.3, 0.4) is 0 Å². The molecule has 0 bridgehead atoms. The largest absolute Gasteiger partial charge is 0.362 e. The van der Waals surface area contributed by atoms with Crippen LogP contribution in [0.4, 0.5) is 10.8 Å². The van der Waals surface area contributed by atoms with Crippen LogP contribution in [0.5, 0.6) is 0 Å². The van der Waals surface area contributed by atoms with Gasteiger partial charge in [0.1, 0.15) is 0 Å². The molecule has 1 aliphatic heterocycles. The van der Waals surface area contributed by atoms with Gasteiger partial charge in [-0.15, -0.1) is 0 Å². The van der Waals surface area contributed by atoms with Crippen molar-refractivity contribution in [3.8, 4) is 0 Å². The van der Waals surface area contributed by atoms with Gasteiger partial charge in [-0.2, -0.15) is 0 Å². The first-order valence-electron chi connectivity index (χ1n) is 7.20. The average molecular weight is 289 g/mol. The third kappa shape index (κ3) is 2.26. The molecule has 0 saturated carbocycles. The zero-order valence-corrected chi connectivity index (χ0v) is 12.7. The van der Waals surface area contributed by atoms with E-state index in [1.165, 1.54) is 10.3 Å². The van der Waals surface area contributed by atoms with Crippen molar-refractivity contribution < 1.29 is 4.79 Å². The molecule has 0 radical (unpaired) electrons. The van der Waals surface area contributed by atoms with E-state index in [1.54, 1.807) is 11.3 Å². The van der Waals surface area contributed by atoms with Crippen molar-refractivity contribution in [2.24, 2.45) is 0 Å². The van der Waals surface area contributed by atoms with Crippen molar-refractivity contribution in [2.75, 3.05) is 23.3 Å². The normalized spacial score (nSPS) is 14.4. The summed E-state index contributed by atoms with van der Waals surface area (Å²) in [7, 11) is 0. The Morgan fingerprint density at radius 2 is 2.30 bits per heavy atom. The minimum absolute atomic E-state index is 0.201. The fraction of sp³-hybridized carbons (Fsp3) is 0.467. The highest BCUT2D eigenvalue weighted by Gasteiger charge is 2.22. The van der Waals surface area contributed by atoms with E-state index in [0.717, 1.165) is 42.3 Å². The van der Waals surface area contributed by atoms with Gasteiger partial charge in [0.2, 0.25) is 5.91 Å². The Balaban J connectivity index is 2.07. The number of hydrogen-bond acceptors (Lipinski definition) is 4. The Bertz CT molecular complexity index is 650. The number of benzene rings is 1. The first-order valence-corrected chi connectivity index (χ1v) is 8.02. The summed E-state index contributed by atoms with van der Waals surface area (Å²) in [6.07, 6.45) is 2.65. The Morgan fingerprint density at radius 3 is 3.05 bits per heavy atom. The second-order valence-electron chi connectivity index (χ2n) is 5.00. The molecule has 0 fully saturated rings. The molecule has 1 aromatic carbocycles. The minimum Gasteiger partial charge on any atom is -0.362 e. The molecule has 0 atom stereocenters. The van der Waals surface area contributed by atoms with E-state index in [2.05, 4.69) is 29.4 Å². The quantitative estimate of drug-likeness (QED) is 0.941. The van der Waals surface area contributed by atoms with Crippen molar-refractivity contribution in [2.45, 2.75) is 33.1 Å². The van der Waals surface area contributed by atoms with E-state index < -0.39 is 0 Å². The topological polar surface area (TPSA) is 45.2 Å². The first-order chi connectivity index (χ1) is 9.72. The van der Waals surface area contributed by atoms with Gasteiger partial charge in [0.25, 0.3) is 0 Å². The van der Waals surface area contributed by atoms with Crippen LogP contribution in [0.15, 0.2) is 12.1 Å². The highest BCUT2D eigenvalue weighted by atomic mass is 32.1. The Kier molecular flexibility index (Phi) is 3.61. The van der Waals surface area contributed by atoms with Crippen molar-refractivity contribution in [3.05, 3.63) is 17.7 Å². The van der Waals surface area contributed by atoms with Crippen LogP contribution in [0.25, 0.3) is 10.2 Å². The predicted molar refractivity (Wildman–Crippen MR) is 84.7 cm³/mol. The smallest absolute Gasteiger partial charge is 0.226 e. The molecule has 106 valence electrons. The zero-order valence-electron chi connectivity index (χ0n) is 11.9. The van der Waals surface area contributed by atoms with Crippen molar-refractivity contribution in [3.63, 3.8) is 0 Å². The summed E-state index contributed by atoms with van der Waals surface area (Å²) in [5.74, 6) is 0.201. The number of nitrogens with one attached hydrogen (secondary N) is 1. The number of hydrogen-bond donors (Lipinski definition) is 1. The third-order valence-corrected chi connectivity index (χ3v) is 4.61. The van der Waals surface area contributed by atoms with Crippen LogP contribution < -0.4 is 10.2 Å². The summed E-state index contributed by atoms with van der Waals surface area (Å²) in [5.41, 5.74) is 3.32. The summed E-state index contributed by atoms with van der Waals surface area (Å²) in [4.78, 5) is 18.6. The van der Waals surface area contributed by atoms with Crippen LogP contribution in [-0.2, 0) is 11.2 Å². The molecule has 1 amide bonds. The molecule has 0 aliphatic carbocycles. The lowest BCUT2D eigenvalue weighted by Gasteiger charge is -2.29. The molecule has 0 unspecified atom stereocenters. The molecular weight excluding hydrogens is 270 g/mol. The number of aryl methyl sites for hydroxylation is 1. The number of fused-ring (bicyclic) bond motifs is 2. The zero-order chi connectivity index (χ0) is 14.1. The van der Waals surface area contributed by atoms with Gasteiger partial charge in [0, 0.05) is 25.2 Å². The number of amides is 1. The van der Waals surface area contributed by atoms with Crippen LogP contribution in [0.1, 0.15) is 32.3 Å². The van der Waals surface area contributed by atoms with Gasteiger partial charge < -0.3 is 10.2 Å². The molecular formula is C15H19N3OS. The average Bonchev–Trinajstić information content (AvgIpc) is 2.85. The lowest BCUT2D eigenvalue weighted by Crippen LogP contribution is -2.34. The molecule has 5 heteroatoms. The van der Waals surface area contributed by atoms with E-state index in [1.807, 2.05) is 11.8 Å². The lowest BCUT2D eigenvalue weighted by atomic mass is 10.0. The Hall–Kier alpha value is -1.62. The first kappa shape index (κ1) is 13.4. The lowest BCUT2D eigenvalue weighted by molar-refractivity contribution is -0.118. The van der Waals surface area contributed by atoms with Gasteiger partial charge in [0.15, 0.2) is 5.13 Å².